The van der Waals surface area contributed by atoms with E-state index in [9.17, 15) is 19.2 Å². The van der Waals surface area contributed by atoms with Crippen LogP contribution in [0.3, 0.4) is 0 Å². The summed E-state index contributed by atoms with van der Waals surface area (Å²) in [6, 6.07) is 7.48. The molecule has 0 spiro atoms. The first-order chi connectivity index (χ1) is 15.5. The maximum Gasteiger partial charge on any atom is 0.348 e. The van der Waals surface area contributed by atoms with Gasteiger partial charge in [0.15, 0.2) is 11.9 Å². The number of halogens is 2. The monoisotopic (exact) mass is 498 g/mol. The Morgan fingerprint density at radius 2 is 2.03 bits per heavy atom. The van der Waals surface area contributed by atoms with E-state index in [2.05, 4.69) is 15.4 Å². The second kappa shape index (κ2) is 9.11. The summed E-state index contributed by atoms with van der Waals surface area (Å²) in [4.78, 5) is 22.3. The highest BCUT2D eigenvalue weighted by molar-refractivity contribution is 7.55. The van der Waals surface area contributed by atoms with Gasteiger partial charge in [0.05, 0.1) is 23.3 Å². The quantitative estimate of drug-likeness (QED) is 0.255. The fourth-order valence-electron chi connectivity index (χ4n) is 3.67. The van der Waals surface area contributed by atoms with Crippen LogP contribution < -0.4 is 5.32 Å². The summed E-state index contributed by atoms with van der Waals surface area (Å²) < 4.78 is 32.1. The van der Waals surface area contributed by atoms with Gasteiger partial charge in [-0.3, -0.25) is 4.57 Å². The van der Waals surface area contributed by atoms with Crippen LogP contribution in [0.5, 0.6) is 0 Å². The fraction of sp³-hybridized carbons (Fsp3) is 0.300. The minimum Gasteiger partial charge on any atom is -0.387 e. The predicted octanol–water partition coefficient (Wildman–Crippen LogP) is 2.71. The van der Waals surface area contributed by atoms with E-state index in [1.54, 1.807) is 31.2 Å². The number of nitrogens with one attached hydrogen (secondary N) is 1. The summed E-state index contributed by atoms with van der Waals surface area (Å²) in [5.41, 5.74) is 1.18. The van der Waals surface area contributed by atoms with Crippen LogP contribution in [0.25, 0.3) is 11.0 Å². The molecule has 0 radical (unpaired) electrons. The van der Waals surface area contributed by atoms with Gasteiger partial charge in [0.2, 0.25) is 0 Å². The van der Waals surface area contributed by atoms with Gasteiger partial charge in [0.1, 0.15) is 29.3 Å². The summed E-state index contributed by atoms with van der Waals surface area (Å²) in [6.07, 6.45) is -2.87. The van der Waals surface area contributed by atoms with Crippen LogP contribution in [0.2, 0.25) is 5.15 Å². The van der Waals surface area contributed by atoms with Crippen molar-refractivity contribution >= 4 is 35.9 Å². The highest BCUT2D eigenvalue weighted by atomic mass is 35.5. The predicted molar refractivity (Wildman–Crippen MR) is 118 cm³/mol. The molecule has 1 aliphatic heterocycles. The number of nitrogens with zero attached hydrogens (tertiary/aromatic N) is 3. The minimum atomic E-state index is -4.48. The van der Waals surface area contributed by atoms with Crippen LogP contribution in [-0.4, -0.2) is 53.1 Å². The number of pyridine rings is 1. The summed E-state index contributed by atoms with van der Waals surface area (Å²) in [7, 11) is -4.48. The molecule has 0 aliphatic carbocycles. The molecule has 1 saturated heterocycles. The van der Waals surface area contributed by atoms with Crippen LogP contribution in [0.1, 0.15) is 24.8 Å². The van der Waals surface area contributed by atoms with Gasteiger partial charge in [0.25, 0.3) is 0 Å². The van der Waals surface area contributed by atoms with Crippen molar-refractivity contribution in [3.8, 4) is 0 Å². The Bertz CT molecular complexity index is 1250. The van der Waals surface area contributed by atoms with Crippen LogP contribution in [-0.2, 0) is 9.30 Å². The second-order valence-corrected chi connectivity index (χ2v) is 9.47. The van der Waals surface area contributed by atoms with Crippen molar-refractivity contribution in [3.63, 3.8) is 0 Å². The highest BCUT2D eigenvalue weighted by Crippen LogP contribution is 2.39. The molecule has 2 aromatic heterocycles. The Kier molecular flexibility index (Phi) is 6.56. The van der Waals surface area contributed by atoms with Gasteiger partial charge in [-0.2, -0.15) is 5.10 Å². The molecule has 0 saturated carbocycles. The van der Waals surface area contributed by atoms with E-state index in [1.165, 1.54) is 16.9 Å². The standard InChI is InChI=1S/C20H21ClFN4O6P/c1-10(11-4-2-3-5-13(11)22)24-14-8-16(21)25-19-12(14)9-23-26(19)20-18(28)17(27)15(32-20)6-7-33(29,30)31/h2-10,15,17-18,20,27-28H,1H3,(H,24,25)(H2,29,30,31)/b7-6+/t10-,15?,17+,18+,20+/m0/s1. The van der Waals surface area contributed by atoms with Crippen molar-refractivity contribution in [2.24, 2.45) is 0 Å². The molecule has 13 heteroatoms. The van der Waals surface area contributed by atoms with E-state index in [-0.39, 0.29) is 16.6 Å². The normalized spacial score (nSPS) is 24.6. The molecule has 0 bridgehead atoms. The topological polar surface area (TPSA) is 150 Å². The first-order valence-electron chi connectivity index (χ1n) is 9.86. The Labute approximate surface area is 192 Å². The van der Waals surface area contributed by atoms with Crippen molar-refractivity contribution in [1.82, 2.24) is 14.8 Å². The van der Waals surface area contributed by atoms with E-state index in [1.807, 2.05) is 0 Å². The molecule has 3 heterocycles. The lowest BCUT2D eigenvalue weighted by atomic mass is 10.1. The minimum absolute atomic E-state index is 0.0958. The average Bonchev–Trinajstić information content (AvgIpc) is 3.27. The number of hydrogen-bond donors (Lipinski definition) is 5. The average molecular weight is 499 g/mol. The largest absolute Gasteiger partial charge is 0.387 e. The third-order valence-electron chi connectivity index (χ3n) is 5.27. The molecule has 1 fully saturated rings. The lowest BCUT2D eigenvalue weighted by Gasteiger charge is -2.18. The SMILES string of the molecule is C[C@H](Nc1cc(Cl)nc2c1cnn2[C@@H]1OC(/C=C/P(=O)(O)O)[C@@H](O)[C@H]1O)c1ccccc1F. The van der Waals surface area contributed by atoms with Crippen LogP contribution in [0.15, 0.2) is 48.4 Å². The number of benzene rings is 1. The zero-order valence-electron chi connectivity index (χ0n) is 17.2. The molecule has 176 valence electrons. The summed E-state index contributed by atoms with van der Waals surface area (Å²) in [5, 5.41) is 28.7. The smallest absolute Gasteiger partial charge is 0.348 e. The molecule has 4 rings (SSSR count). The van der Waals surface area contributed by atoms with Gasteiger partial charge in [-0.1, -0.05) is 29.8 Å². The van der Waals surface area contributed by atoms with Gasteiger partial charge in [-0.25, -0.2) is 14.1 Å². The molecule has 33 heavy (non-hydrogen) atoms. The number of aliphatic hydroxyl groups excluding tert-OH is 2. The first kappa shape index (κ1) is 23.8. The molecule has 1 aliphatic rings. The summed E-state index contributed by atoms with van der Waals surface area (Å²) in [6.45, 7) is 1.78. The van der Waals surface area contributed by atoms with E-state index in [4.69, 9.17) is 26.1 Å². The van der Waals surface area contributed by atoms with Crippen molar-refractivity contribution in [2.45, 2.75) is 37.5 Å². The third-order valence-corrected chi connectivity index (χ3v) is 6.02. The maximum atomic E-state index is 14.2. The molecule has 1 aromatic carbocycles. The van der Waals surface area contributed by atoms with Crippen LogP contribution in [0, 0.1) is 5.82 Å². The number of anilines is 1. The molecular weight excluding hydrogens is 478 g/mol. The molecule has 0 amide bonds. The van der Waals surface area contributed by atoms with Crippen molar-refractivity contribution in [2.75, 3.05) is 5.32 Å². The number of ether oxygens (including phenoxy) is 1. The molecule has 5 atom stereocenters. The van der Waals surface area contributed by atoms with Gasteiger partial charge >= 0.3 is 7.60 Å². The van der Waals surface area contributed by atoms with Crippen molar-refractivity contribution in [1.29, 1.82) is 0 Å². The zero-order valence-corrected chi connectivity index (χ0v) is 18.8. The molecule has 10 nitrogen and oxygen atoms in total. The second-order valence-electron chi connectivity index (χ2n) is 7.61. The van der Waals surface area contributed by atoms with Crippen LogP contribution in [0.4, 0.5) is 10.1 Å². The third kappa shape index (κ3) is 4.95. The Morgan fingerprint density at radius 1 is 1.30 bits per heavy atom. The first-order valence-corrected chi connectivity index (χ1v) is 11.9. The van der Waals surface area contributed by atoms with E-state index >= 15 is 0 Å². The molecule has 1 unspecified atom stereocenters. The van der Waals surface area contributed by atoms with Gasteiger partial charge < -0.3 is 30.1 Å². The maximum absolute atomic E-state index is 14.2. The fourth-order valence-corrected chi connectivity index (χ4v) is 4.26. The Morgan fingerprint density at radius 3 is 2.73 bits per heavy atom. The highest BCUT2D eigenvalue weighted by Gasteiger charge is 2.44. The molecule has 3 aromatic rings. The van der Waals surface area contributed by atoms with Gasteiger partial charge in [-0.15, -0.1) is 0 Å². The number of aromatic nitrogens is 3. The lowest BCUT2D eigenvalue weighted by Crippen LogP contribution is -2.31. The lowest BCUT2D eigenvalue weighted by molar-refractivity contribution is -0.0318. The van der Waals surface area contributed by atoms with Crippen molar-refractivity contribution in [3.05, 3.63) is 65.0 Å². The Balaban J connectivity index is 1.66. The van der Waals surface area contributed by atoms with E-state index < -0.39 is 38.2 Å². The van der Waals surface area contributed by atoms with E-state index in [0.29, 0.717) is 22.5 Å². The summed E-state index contributed by atoms with van der Waals surface area (Å²) >= 11 is 6.20. The Hall–Kier alpha value is -2.37. The summed E-state index contributed by atoms with van der Waals surface area (Å²) in [5.74, 6) is 0.230. The van der Waals surface area contributed by atoms with E-state index in [0.717, 1.165) is 6.08 Å². The number of aliphatic hydroxyl groups is 2. The number of fused-ring (bicyclic) bond motifs is 1. The van der Waals surface area contributed by atoms with Crippen LogP contribution >= 0.6 is 19.2 Å². The zero-order chi connectivity index (χ0) is 23.9. The van der Waals surface area contributed by atoms with Crippen molar-refractivity contribution < 1.29 is 33.7 Å². The molecule has 5 N–H and O–H groups in total. The number of hydrogen-bond acceptors (Lipinski definition) is 7. The molecular formula is C20H21ClFN4O6P. The van der Waals surface area contributed by atoms with Gasteiger partial charge in [0, 0.05) is 11.4 Å². The van der Waals surface area contributed by atoms with Gasteiger partial charge in [-0.05, 0) is 25.1 Å². The number of rotatable bonds is 6.